The van der Waals surface area contributed by atoms with Crippen molar-refractivity contribution in [2.45, 2.75) is 39.5 Å². The second-order valence-electron chi connectivity index (χ2n) is 4.83. The van der Waals surface area contributed by atoms with Gasteiger partial charge in [-0.15, -0.1) is 0 Å². The molecule has 0 radical (unpaired) electrons. The Morgan fingerprint density at radius 1 is 1.22 bits per heavy atom. The Kier molecular flexibility index (Phi) is 6.36. The van der Waals surface area contributed by atoms with Crippen LogP contribution in [0.15, 0.2) is 24.3 Å². The molecular weight excluding hydrogens is 246 g/mol. The average Bonchev–Trinajstić information content (AvgIpc) is 2.26. The molecule has 2 unspecified atom stereocenters. The van der Waals surface area contributed by atoms with Gasteiger partial charge in [0, 0.05) is 35.4 Å². The first-order valence-electron chi connectivity index (χ1n) is 6.26. The Balaban J connectivity index is 2.41. The first kappa shape index (κ1) is 15.2. The summed E-state index contributed by atoms with van der Waals surface area (Å²) in [6.45, 7) is 6.88. The lowest BCUT2D eigenvalue weighted by molar-refractivity contribution is 0.242. The van der Waals surface area contributed by atoms with Crippen LogP contribution in [0.25, 0.3) is 0 Å². The molecule has 0 saturated carbocycles. The van der Waals surface area contributed by atoms with E-state index in [9.17, 15) is 4.21 Å². The van der Waals surface area contributed by atoms with Gasteiger partial charge in [0.05, 0.1) is 6.10 Å². The Morgan fingerprint density at radius 3 is 2.33 bits per heavy atom. The summed E-state index contributed by atoms with van der Waals surface area (Å²) in [7, 11) is -0.746. The van der Waals surface area contributed by atoms with Crippen molar-refractivity contribution >= 4 is 10.8 Å². The molecule has 3 nitrogen and oxygen atoms in total. The van der Waals surface area contributed by atoms with E-state index >= 15 is 0 Å². The van der Waals surface area contributed by atoms with Crippen LogP contribution >= 0.6 is 0 Å². The second-order valence-corrected chi connectivity index (χ2v) is 6.31. The number of nitrogens with one attached hydrogen (secondary N) is 1. The van der Waals surface area contributed by atoms with E-state index in [1.807, 2.05) is 26.0 Å². The molecule has 0 aliphatic rings. The molecule has 1 N–H and O–H groups in total. The predicted octanol–water partition coefficient (Wildman–Crippen LogP) is 2.33. The van der Waals surface area contributed by atoms with E-state index in [4.69, 9.17) is 4.74 Å². The van der Waals surface area contributed by atoms with Gasteiger partial charge in [-0.25, -0.2) is 0 Å². The van der Waals surface area contributed by atoms with Crippen LogP contribution in [0.4, 0.5) is 0 Å². The van der Waals surface area contributed by atoms with E-state index in [1.54, 1.807) is 6.26 Å². The highest BCUT2D eigenvalue weighted by Gasteiger charge is 2.04. The molecule has 0 aliphatic heterocycles. The first-order chi connectivity index (χ1) is 8.47. The molecule has 1 rings (SSSR count). The number of ether oxygens (including phenoxy) is 1. The van der Waals surface area contributed by atoms with Crippen LogP contribution in [-0.4, -0.2) is 28.4 Å². The molecule has 0 aromatic heterocycles. The zero-order valence-electron chi connectivity index (χ0n) is 11.6. The Labute approximate surface area is 112 Å². The van der Waals surface area contributed by atoms with Crippen molar-refractivity contribution in [2.75, 3.05) is 12.0 Å². The topological polar surface area (TPSA) is 38.3 Å². The molecule has 0 heterocycles. The second kappa shape index (κ2) is 7.54. The highest BCUT2D eigenvalue weighted by Crippen LogP contribution is 2.13. The first-order valence-corrected chi connectivity index (χ1v) is 7.99. The Bertz CT molecular complexity index is 376. The molecule has 1 aromatic rings. The van der Waals surface area contributed by atoms with Crippen molar-refractivity contribution in [2.24, 2.45) is 0 Å². The maximum Gasteiger partial charge on any atom is 0.119 e. The Hall–Kier alpha value is -0.870. The van der Waals surface area contributed by atoms with Gasteiger partial charge >= 0.3 is 0 Å². The van der Waals surface area contributed by atoms with Gasteiger partial charge < -0.3 is 10.1 Å². The minimum absolute atomic E-state index is 0.202. The van der Waals surface area contributed by atoms with E-state index in [2.05, 4.69) is 24.4 Å². The number of hydrogen-bond donors (Lipinski definition) is 1. The number of hydrogen-bond acceptors (Lipinski definition) is 3. The van der Waals surface area contributed by atoms with Gasteiger partial charge in [0.25, 0.3) is 0 Å². The van der Waals surface area contributed by atoms with Crippen molar-refractivity contribution in [3.63, 3.8) is 0 Å². The van der Waals surface area contributed by atoms with E-state index in [0.29, 0.717) is 5.75 Å². The summed E-state index contributed by atoms with van der Waals surface area (Å²) < 4.78 is 16.7. The van der Waals surface area contributed by atoms with Crippen LogP contribution in [0.2, 0.25) is 0 Å². The van der Waals surface area contributed by atoms with Gasteiger partial charge in [-0.05, 0) is 38.5 Å². The summed E-state index contributed by atoms with van der Waals surface area (Å²) in [6, 6.07) is 8.35. The van der Waals surface area contributed by atoms with Crippen LogP contribution < -0.4 is 10.1 Å². The maximum atomic E-state index is 11.1. The fourth-order valence-corrected chi connectivity index (χ4v) is 2.48. The molecule has 0 amide bonds. The largest absolute Gasteiger partial charge is 0.491 e. The summed E-state index contributed by atoms with van der Waals surface area (Å²) in [6.07, 6.45) is 1.93. The van der Waals surface area contributed by atoms with Gasteiger partial charge in [0.2, 0.25) is 0 Å². The zero-order chi connectivity index (χ0) is 13.5. The highest BCUT2D eigenvalue weighted by molar-refractivity contribution is 7.84. The third kappa shape index (κ3) is 6.17. The van der Waals surface area contributed by atoms with Gasteiger partial charge in [0.1, 0.15) is 5.75 Å². The number of rotatable bonds is 7. The maximum absolute atomic E-state index is 11.1. The summed E-state index contributed by atoms with van der Waals surface area (Å²) in [5, 5.41) is 3.36. The van der Waals surface area contributed by atoms with Crippen molar-refractivity contribution in [3.05, 3.63) is 29.8 Å². The van der Waals surface area contributed by atoms with Crippen LogP contribution in [-0.2, 0) is 17.3 Å². The average molecular weight is 269 g/mol. The predicted molar refractivity (Wildman–Crippen MR) is 77.4 cm³/mol. The SMILES string of the molecule is CC(CS(C)=O)NCc1ccc(OC(C)C)cc1. The van der Waals surface area contributed by atoms with Crippen molar-refractivity contribution < 1.29 is 8.95 Å². The van der Waals surface area contributed by atoms with Crippen LogP contribution in [0.5, 0.6) is 5.75 Å². The normalized spacial score (nSPS) is 14.5. The van der Waals surface area contributed by atoms with E-state index in [1.165, 1.54) is 5.56 Å². The summed E-state index contributed by atoms with van der Waals surface area (Å²) >= 11 is 0. The summed E-state index contributed by atoms with van der Waals surface area (Å²) in [5.74, 6) is 1.59. The fraction of sp³-hybridized carbons (Fsp3) is 0.571. The van der Waals surface area contributed by atoms with Crippen molar-refractivity contribution in [1.29, 1.82) is 0 Å². The van der Waals surface area contributed by atoms with Gasteiger partial charge in [0.15, 0.2) is 0 Å². The van der Waals surface area contributed by atoms with E-state index < -0.39 is 10.8 Å². The lowest BCUT2D eigenvalue weighted by Gasteiger charge is -2.13. The minimum atomic E-state index is -0.746. The van der Waals surface area contributed by atoms with Gasteiger partial charge in [-0.2, -0.15) is 0 Å². The summed E-state index contributed by atoms with van der Waals surface area (Å²) in [5.41, 5.74) is 1.21. The molecule has 4 heteroatoms. The molecule has 1 aromatic carbocycles. The van der Waals surface area contributed by atoms with E-state index in [0.717, 1.165) is 12.3 Å². The molecule has 0 fully saturated rings. The molecule has 102 valence electrons. The smallest absolute Gasteiger partial charge is 0.119 e. The molecule has 2 atom stereocenters. The highest BCUT2D eigenvalue weighted by atomic mass is 32.2. The number of benzene rings is 1. The lowest BCUT2D eigenvalue weighted by atomic mass is 10.2. The molecule has 0 spiro atoms. The quantitative estimate of drug-likeness (QED) is 0.825. The molecule has 18 heavy (non-hydrogen) atoms. The van der Waals surface area contributed by atoms with E-state index in [-0.39, 0.29) is 12.1 Å². The zero-order valence-corrected chi connectivity index (χ0v) is 12.4. The Morgan fingerprint density at radius 2 is 1.83 bits per heavy atom. The lowest BCUT2D eigenvalue weighted by Crippen LogP contribution is -2.30. The summed E-state index contributed by atoms with van der Waals surface area (Å²) in [4.78, 5) is 0. The standard InChI is InChI=1S/C14H23NO2S/c1-11(2)17-14-7-5-13(6-8-14)9-15-12(3)10-18(4)16/h5-8,11-12,15H,9-10H2,1-4H3. The third-order valence-electron chi connectivity index (χ3n) is 2.43. The van der Waals surface area contributed by atoms with Gasteiger partial charge in [-0.1, -0.05) is 12.1 Å². The molecular formula is C14H23NO2S. The van der Waals surface area contributed by atoms with Crippen molar-refractivity contribution in [1.82, 2.24) is 5.32 Å². The van der Waals surface area contributed by atoms with Gasteiger partial charge in [-0.3, -0.25) is 4.21 Å². The van der Waals surface area contributed by atoms with Crippen LogP contribution in [0.1, 0.15) is 26.3 Å². The van der Waals surface area contributed by atoms with Crippen molar-refractivity contribution in [3.8, 4) is 5.75 Å². The molecule has 0 saturated heterocycles. The van der Waals surface area contributed by atoms with Crippen LogP contribution in [0, 0.1) is 0 Å². The third-order valence-corrected chi connectivity index (χ3v) is 3.40. The minimum Gasteiger partial charge on any atom is -0.491 e. The van der Waals surface area contributed by atoms with Crippen LogP contribution in [0.3, 0.4) is 0 Å². The molecule has 0 aliphatic carbocycles. The fourth-order valence-electron chi connectivity index (χ4n) is 1.66. The monoisotopic (exact) mass is 269 g/mol. The molecule has 0 bridgehead atoms.